The molecule has 29 heavy (non-hydrogen) atoms. The molecule has 0 radical (unpaired) electrons. The highest BCUT2D eigenvalue weighted by atomic mass is 16.5. The predicted molar refractivity (Wildman–Crippen MR) is 115 cm³/mol. The van der Waals surface area contributed by atoms with Gasteiger partial charge < -0.3 is 14.7 Å². The number of benzene rings is 2. The summed E-state index contributed by atoms with van der Waals surface area (Å²) in [7, 11) is 3.91. The molecule has 0 aliphatic heterocycles. The molecule has 0 unspecified atom stereocenters. The maximum Gasteiger partial charge on any atom is 0.302 e. The van der Waals surface area contributed by atoms with Crippen molar-refractivity contribution in [2.24, 2.45) is 0 Å². The topological polar surface area (TPSA) is 67.6 Å². The Bertz CT molecular complexity index is 1230. The predicted octanol–water partition coefficient (Wildman–Crippen LogP) is 4.26. The van der Waals surface area contributed by atoms with E-state index in [1.54, 1.807) is 30.5 Å². The Morgan fingerprint density at radius 2 is 1.72 bits per heavy atom. The van der Waals surface area contributed by atoms with Crippen molar-refractivity contribution in [3.63, 3.8) is 0 Å². The van der Waals surface area contributed by atoms with Gasteiger partial charge in [-0.3, -0.25) is 9.36 Å². The lowest BCUT2D eigenvalue weighted by molar-refractivity contribution is 0.400. The fourth-order valence-corrected chi connectivity index (χ4v) is 3.17. The number of para-hydroxylation sites is 1. The second kappa shape index (κ2) is 7.31. The molecular formula is C23H21N3O3. The van der Waals surface area contributed by atoms with Crippen molar-refractivity contribution in [1.29, 1.82) is 0 Å². The highest BCUT2D eigenvalue weighted by molar-refractivity contribution is 5.88. The van der Waals surface area contributed by atoms with Gasteiger partial charge in [0.15, 0.2) is 5.75 Å². The lowest BCUT2D eigenvalue weighted by Gasteiger charge is -2.17. The van der Waals surface area contributed by atoms with Crippen LogP contribution in [0.5, 0.6) is 17.4 Å². The molecule has 0 atom stereocenters. The zero-order chi connectivity index (χ0) is 20.5. The monoisotopic (exact) mass is 387 g/mol. The molecule has 2 aromatic carbocycles. The van der Waals surface area contributed by atoms with E-state index >= 15 is 0 Å². The molecule has 2 heterocycles. The molecule has 2 aromatic heterocycles. The van der Waals surface area contributed by atoms with Crippen LogP contribution < -0.4 is 15.2 Å². The quantitative estimate of drug-likeness (QED) is 0.567. The lowest BCUT2D eigenvalue weighted by atomic mass is 10.1. The van der Waals surface area contributed by atoms with Crippen molar-refractivity contribution in [2.45, 2.75) is 6.92 Å². The van der Waals surface area contributed by atoms with Crippen LogP contribution in [0.2, 0.25) is 0 Å². The van der Waals surface area contributed by atoms with Gasteiger partial charge in [-0.25, -0.2) is 4.98 Å². The summed E-state index contributed by atoms with van der Waals surface area (Å²) in [5.41, 5.74) is 2.81. The van der Waals surface area contributed by atoms with Crippen LogP contribution >= 0.6 is 0 Å². The number of anilines is 1. The maximum absolute atomic E-state index is 13.3. The number of rotatable bonds is 4. The van der Waals surface area contributed by atoms with Crippen LogP contribution in [0.15, 0.2) is 71.7 Å². The Balaban J connectivity index is 1.93. The van der Waals surface area contributed by atoms with Gasteiger partial charge in [-0.1, -0.05) is 18.2 Å². The minimum Gasteiger partial charge on any atom is -0.504 e. The first-order valence-electron chi connectivity index (χ1n) is 9.20. The van der Waals surface area contributed by atoms with Gasteiger partial charge in [0.05, 0.1) is 5.52 Å². The first kappa shape index (κ1) is 18.6. The van der Waals surface area contributed by atoms with E-state index in [9.17, 15) is 9.90 Å². The molecule has 0 saturated heterocycles. The number of hydrogen-bond donors (Lipinski definition) is 1. The normalized spacial score (nSPS) is 10.9. The lowest BCUT2D eigenvalue weighted by Crippen LogP contribution is -2.20. The van der Waals surface area contributed by atoms with E-state index in [-0.39, 0.29) is 17.4 Å². The van der Waals surface area contributed by atoms with Crippen LogP contribution in [-0.4, -0.2) is 28.8 Å². The molecule has 0 spiro atoms. The Hall–Kier alpha value is -3.80. The Labute approximate surface area is 168 Å². The fourth-order valence-electron chi connectivity index (χ4n) is 3.17. The van der Waals surface area contributed by atoms with Crippen molar-refractivity contribution in [3.8, 4) is 23.1 Å². The van der Waals surface area contributed by atoms with E-state index in [1.807, 2.05) is 62.3 Å². The summed E-state index contributed by atoms with van der Waals surface area (Å²) in [6.07, 6.45) is 1.64. The number of aryl methyl sites for hydroxylation is 1. The van der Waals surface area contributed by atoms with Crippen LogP contribution in [0.4, 0.5) is 5.69 Å². The van der Waals surface area contributed by atoms with Gasteiger partial charge in [-0.05, 0) is 48.9 Å². The SMILES string of the molecule is Cc1ccc(Oc2c(O)c3ccccc3n(-c3ccc(N(C)C)cc3)c2=O)nc1. The second-order valence-corrected chi connectivity index (χ2v) is 7.02. The maximum atomic E-state index is 13.3. The Kier molecular flexibility index (Phi) is 4.68. The number of nitrogens with zero attached hydrogens (tertiary/aromatic N) is 3. The first-order chi connectivity index (χ1) is 14.0. The average Bonchev–Trinajstić information content (AvgIpc) is 2.73. The molecule has 0 saturated carbocycles. The van der Waals surface area contributed by atoms with Crippen molar-refractivity contribution in [1.82, 2.24) is 9.55 Å². The number of aromatic nitrogens is 2. The molecule has 0 amide bonds. The summed E-state index contributed by atoms with van der Waals surface area (Å²) in [6.45, 7) is 1.91. The molecule has 4 aromatic rings. The van der Waals surface area contributed by atoms with Crippen molar-refractivity contribution < 1.29 is 9.84 Å². The largest absolute Gasteiger partial charge is 0.504 e. The van der Waals surface area contributed by atoms with E-state index in [1.165, 1.54) is 4.57 Å². The van der Waals surface area contributed by atoms with Crippen LogP contribution in [0.3, 0.4) is 0 Å². The zero-order valence-corrected chi connectivity index (χ0v) is 16.5. The number of aromatic hydroxyl groups is 1. The standard InChI is InChI=1S/C23H21N3O3/c1-15-8-13-20(24-14-15)29-22-21(27)18-6-4-5-7-19(18)26(23(22)28)17-11-9-16(10-12-17)25(2)3/h4-14,27H,1-3H3. The highest BCUT2D eigenvalue weighted by Gasteiger charge is 2.19. The van der Waals surface area contributed by atoms with E-state index in [0.717, 1.165) is 11.3 Å². The second-order valence-electron chi connectivity index (χ2n) is 7.02. The molecule has 146 valence electrons. The van der Waals surface area contributed by atoms with Gasteiger partial charge >= 0.3 is 5.56 Å². The highest BCUT2D eigenvalue weighted by Crippen LogP contribution is 2.34. The van der Waals surface area contributed by atoms with Gasteiger partial charge in [-0.2, -0.15) is 0 Å². The molecular weight excluding hydrogens is 366 g/mol. The van der Waals surface area contributed by atoms with E-state index in [2.05, 4.69) is 4.98 Å². The number of pyridine rings is 2. The summed E-state index contributed by atoms with van der Waals surface area (Å²) in [5.74, 6) is -0.112. The summed E-state index contributed by atoms with van der Waals surface area (Å²) >= 11 is 0. The summed E-state index contributed by atoms with van der Waals surface area (Å²) < 4.78 is 7.26. The minimum absolute atomic E-state index is 0.156. The van der Waals surface area contributed by atoms with Crippen LogP contribution in [0.25, 0.3) is 16.6 Å². The van der Waals surface area contributed by atoms with Crippen molar-refractivity contribution in [2.75, 3.05) is 19.0 Å². The van der Waals surface area contributed by atoms with Crippen LogP contribution in [-0.2, 0) is 0 Å². The third-order valence-corrected chi connectivity index (χ3v) is 4.73. The van der Waals surface area contributed by atoms with Crippen LogP contribution in [0.1, 0.15) is 5.56 Å². The molecule has 0 fully saturated rings. The number of hydrogen-bond acceptors (Lipinski definition) is 5. The van der Waals surface area contributed by atoms with Gasteiger partial charge in [0.25, 0.3) is 0 Å². The molecule has 0 aliphatic rings. The third kappa shape index (κ3) is 3.40. The van der Waals surface area contributed by atoms with E-state index < -0.39 is 5.56 Å². The molecule has 0 bridgehead atoms. The van der Waals surface area contributed by atoms with Crippen molar-refractivity contribution in [3.05, 3.63) is 82.8 Å². The fraction of sp³-hybridized carbons (Fsp3) is 0.130. The van der Waals surface area contributed by atoms with E-state index in [0.29, 0.717) is 16.6 Å². The zero-order valence-electron chi connectivity index (χ0n) is 16.5. The van der Waals surface area contributed by atoms with Gasteiger partial charge in [-0.15, -0.1) is 0 Å². The van der Waals surface area contributed by atoms with Crippen molar-refractivity contribution >= 4 is 16.6 Å². The molecule has 1 N–H and O–H groups in total. The van der Waals surface area contributed by atoms with Gasteiger partial charge in [0, 0.05) is 43.1 Å². The Morgan fingerprint density at radius 1 is 1.00 bits per heavy atom. The summed E-state index contributed by atoms with van der Waals surface area (Å²) in [5, 5.41) is 11.3. The van der Waals surface area contributed by atoms with Crippen LogP contribution in [0, 0.1) is 6.92 Å². The minimum atomic E-state index is -0.457. The van der Waals surface area contributed by atoms with E-state index in [4.69, 9.17) is 4.74 Å². The number of ether oxygens (including phenoxy) is 1. The molecule has 0 aliphatic carbocycles. The third-order valence-electron chi connectivity index (χ3n) is 4.73. The number of fused-ring (bicyclic) bond motifs is 1. The first-order valence-corrected chi connectivity index (χ1v) is 9.20. The van der Waals surface area contributed by atoms with Gasteiger partial charge in [0.2, 0.25) is 11.6 Å². The average molecular weight is 387 g/mol. The summed E-state index contributed by atoms with van der Waals surface area (Å²) in [6, 6.07) is 18.3. The molecule has 6 nitrogen and oxygen atoms in total. The molecule has 6 heteroatoms. The Morgan fingerprint density at radius 3 is 2.38 bits per heavy atom. The summed E-state index contributed by atoms with van der Waals surface area (Å²) in [4.78, 5) is 19.5. The molecule has 4 rings (SSSR count). The van der Waals surface area contributed by atoms with Gasteiger partial charge in [0.1, 0.15) is 0 Å². The smallest absolute Gasteiger partial charge is 0.302 e.